The van der Waals surface area contributed by atoms with Crippen LogP contribution in [-0.4, -0.2) is 7.05 Å². The van der Waals surface area contributed by atoms with Crippen LogP contribution in [0.25, 0.3) is 0 Å². The van der Waals surface area contributed by atoms with Crippen molar-refractivity contribution in [3.8, 4) is 6.07 Å². The number of aryl methyl sites for hydroxylation is 1. The van der Waals surface area contributed by atoms with E-state index in [9.17, 15) is 5.26 Å². The Morgan fingerprint density at radius 1 is 1.10 bits per heavy atom. The van der Waals surface area contributed by atoms with E-state index in [1.54, 1.807) is 0 Å². The highest BCUT2D eigenvalue weighted by molar-refractivity contribution is 9.08. The maximum Gasteiger partial charge on any atom is 0.101 e. The fourth-order valence-corrected chi connectivity index (χ4v) is 2.49. The summed E-state index contributed by atoms with van der Waals surface area (Å²) in [5.74, 6) is 0. The van der Waals surface area contributed by atoms with Gasteiger partial charge in [-0.25, -0.2) is 0 Å². The van der Waals surface area contributed by atoms with Gasteiger partial charge in [0.05, 0.1) is 11.3 Å². The Kier molecular flexibility index (Phi) is 4.81. The molecule has 2 nitrogen and oxygen atoms in total. The van der Waals surface area contributed by atoms with Crippen LogP contribution < -0.4 is 4.90 Å². The number of benzene rings is 2. The zero-order valence-corrected chi connectivity index (χ0v) is 13.3. The molecule has 0 amide bonds. The standard InChI is InChI=1S/C17H17BrN2/c1-13-3-5-14(6-4-13)12-20(2)17-8-7-15(10-18)9-16(17)11-19/h3-9H,10,12H2,1-2H3. The normalized spacial score (nSPS) is 10.1. The Bertz CT molecular complexity index is 626. The van der Waals surface area contributed by atoms with E-state index in [1.807, 2.05) is 19.2 Å². The van der Waals surface area contributed by atoms with Gasteiger partial charge in [-0.1, -0.05) is 51.8 Å². The van der Waals surface area contributed by atoms with Gasteiger partial charge in [0, 0.05) is 18.9 Å². The van der Waals surface area contributed by atoms with E-state index < -0.39 is 0 Å². The summed E-state index contributed by atoms with van der Waals surface area (Å²) >= 11 is 3.42. The van der Waals surface area contributed by atoms with Crippen LogP contribution in [0, 0.1) is 18.3 Å². The van der Waals surface area contributed by atoms with Gasteiger partial charge in [0.1, 0.15) is 6.07 Å². The SMILES string of the molecule is Cc1ccc(CN(C)c2ccc(CBr)cc2C#N)cc1. The first kappa shape index (κ1) is 14.6. The Morgan fingerprint density at radius 3 is 2.35 bits per heavy atom. The van der Waals surface area contributed by atoms with Crippen LogP contribution in [-0.2, 0) is 11.9 Å². The molecule has 0 spiro atoms. The molecule has 0 radical (unpaired) electrons. The van der Waals surface area contributed by atoms with Crippen molar-refractivity contribution in [2.75, 3.05) is 11.9 Å². The summed E-state index contributed by atoms with van der Waals surface area (Å²) in [6.07, 6.45) is 0. The number of halogens is 1. The summed E-state index contributed by atoms with van der Waals surface area (Å²) < 4.78 is 0. The monoisotopic (exact) mass is 328 g/mol. The van der Waals surface area contributed by atoms with Gasteiger partial charge in [0.2, 0.25) is 0 Å². The molecule has 0 fully saturated rings. The molecule has 0 N–H and O–H groups in total. The topological polar surface area (TPSA) is 27.0 Å². The Hall–Kier alpha value is -1.79. The molecule has 0 bridgehead atoms. The molecule has 20 heavy (non-hydrogen) atoms. The fraction of sp³-hybridized carbons (Fsp3) is 0.235. The first-order valence-corrected chi connectivity index (χ1v) is 7.62. The average Bonchev–Trinajstić information content (AvgIpc) is 2.48. The molecule has 3 heteroatoms. The number of nitrogens with zero attached hydrogens (tertiary/aromatic N) is 2. The van der Waals surface area contributed by atoms with Crippen molar-refractivity contribution in [2.45, 2.75) is 18.8 Å². The molecular formula is C17H17BrN2. The highest BCUT2D eigenvalue weighted by atomic mass is 79.9. The van der Waals surface area contributed by atoms with Gasteiger partial charge in [0.15, 0.2) is 0 Å². The van der Waals surface area contributed by atoms with Crippen LogP contribution >= 0.6 is 15.9 Å². The largest absolute Gasteiger partial charge is 0.369 e. The molecule has 0 unspecified atom stereocenters. The van der Waals surface area contributed by atoms with Gasteiger partial charge in [-0.15, -0.1) is 0 Å². The van der Waals surface area contributed by atoms with Crippen molar-refractivity contribution in [3.63, 3.8) is 0 Å². The summed E-state index contributed by atoms with van der Waals surface area (Å²) in [6, 6.07) is 16.8. The highest BCUT2D eigenvalue weighted by Crippen LogP contribution is 2.23. The van der Waals surface area contributed by atoms with Crippen molar-refractivity contribution < 1.29 is 0 Å². The van der Waals surface area contributed by atoms with E-state index in [0.717, 1.165) is 28.7 Å². The second kappa shape index (κ2) is 6.58. The predicted octanol–water partition coefficient (Wildman–Crippen LogP) is 4.40. The zero-order chi connectivity index (χ0) is 14.5. The smallest absolute Gasteiger partial charge is 0.101 e. The van der Waals surface area contributed by atoms with Gasteiger partial charge in [-0.2, -0.15) is 5.26 Å². The Morgan fingerprint density at radius 2 is 1.75 bits per heavy atom. The van der Waals surface area contributed by atoms with Crippen molar-refractivity contribution in [1.29, 1.82) is 5.26 Å². The summed E-state index contributed by atoms with van der Waals surface area (Å²) in [4.78, 5) is 2.11. The molecule has 2 rings (SSSR count). The third-order valence-electron chi connectivity index (χ3n) is 3.29. The number of anilines is 1. The molecule has 0 aromatic heterocycles. The Balaban J connectivity index is 2.22. The highest BCUT2D eigenvalue weighted by Gasteiger charge is 2.08. The van der Waals surface area contributed by atoms with Crippen LogP contribution in [0.15, 0.2) is 42.5 Å². The number of hydrogen-bond acceptors (Lipinski definition) is 2. The first-order chi connectivity index (χ1) is 9.63. The molecule has 2 aromatic rings. The second-order valence-electron chi connectivity index (χ2n) is 4.94. The molecule has 0 saturated heterocycles. The first-order valence-electron chi connectivity index (χ1n) is 6.49. The molecule has 2 aromatic carbocycles. The summed E-state index contributed by atoms with van der Waals surface area (Å²) in [5, 5.41) is 10.1. The lowest BCUT2D eigenvalue weighted by Gasteiger charge is -2.21. The van der Waals surface area contributed by atoms with Crippen molar-refractivity contribution >= 4 is 21.6 Å². The van der Waals surface area contributed by atoms with Crippen molar-refractivity contribution in [1.82, 2.24) is 0 Å². The van der Waals surface area contributed by atoms with E-state index in [2.05, 4.69) is 64.2 Å². The predicted molar refractivity (Wildman–Crippen MR) is 87.1 cm³/mol. The number of rotatable bonds is 4. The third kappa shape index (κ3) is 3.40. The lowest BCUT2D eigenvalue weighted by Crippen LogP contribution is -2.17. The van der Waals surface area contributed by atoms with Crippen LogP contribution in [0.1, 0.15) is 22.3 Å². The quantitative estimate of drug-likeness (QED) is 0.778. The minimum absolute atomic E-state index is 0.719. The molecule has 0 atom stereocenters. The maximum atomic E-state index is 9.30. The third-order valence-corrected chi connectivity index (χ3v) is 3.93. The maximum absolute atomic E-state index is 9.30. The lowest BCUT2D eigenvalue weighted by atomic mass is 10.1. The second-order valence-corrected chi connectivity index (χ2v) is 5.50. The minimum Gasteiger partial charge on any atom is -0.369 e. The van der Waals surface area contributed by atoms with Crippen molar-refractivity contribution in [3.05, 3.63) is 64.7 Å². The summed E-state index contributed by atoms with van der Waals surface area (Å²) in [5.41, 5.74) is 5.31. The van der Waals surface area contributed by atoms with Gasteiger partial charge < -0.3 is 4.90 Å². The summed E-state index contributed by atoms with van der Waals surface area (Å²) in [7, 11) is 2.02. The van der Waals surface area contributed by atoms with Gasteiger partial charge in [-0.05, 0) is 30.2 Å². The van der Waals surface area contributed by atoms with E-state index in [-0.39, 0.29) is 0 Å². The van der Waals surface area contributed by atoms with Gasteiger partial charge in [-0.3, -0.25) is 0 Å². The molecule has 0 heterocycles. The minimum atomic E-state index is 0.719. The molecule has 102 valence electrons. The number of alkyl halides is 1. The molecular weight excluding hydrogens is 312 g/mol. The zero-order valence-electron chi connectivity index (χ0n) is 11.7. The van der Waals surface area contributed by atoms with Crippen molar-refractivity contribution in [2.24, 2.45) is 0 Å². The molecule has 0 aliphatic rings. The van der Waals surface area contributed by atoms with Crippen LogP contribution in [0.4, 0.5) is 5.69 Å². The van der Waals surface area contributed by atoms with E-state index in [1.165, 1.54) is 11.1 Å². The molecule has 0 saturated carbocycles. The molecule has 0 aliphatic carbocycles. The Labute approximate surface area is 128 Å². The van der Waals surface area contributed by atoms with Gasteiger partial charge >= 0.3 is 0 Å². The number of hydrogen-bond donors (Lipinski definition) is 0. The van der Waals surface area contributed by atoms with E-state index in [4.69, 9.17) is 0 Å². The fourth-order valence-electron chi connectivity index (χ4n) is 2.14. The van der Waals surface area contributed by atoms with Gasteiger partial charge in [0.25, 0.3) is 0 Å². The van der Waals surface area contributed by atoms with Crippen LogP contribution in [0.3, 0.4) is 0 Å². The van der Waals surface area contributed by atoms with Crippen LogP contribution in [0.2, 0.25) is 0 Å². The average molecular weight is 329 g/mol. The molecule has 0 aliphatic heterocycles. The van der Waals surface area contributed by atoms with Crippen LogP contribution in [0.5, 0.6) is 0 Å². The number of nitriles is 1. The summed E-state index contributed by atoms with van der Waals surface area (Å²) in [6.45, 7) is 2.88. The lowest BCUT2D eigenvalue weighted by molar-refractivity contribution is 0.919. The van der Waals surface area contributed by atoms with E-state index >= 15 is 0 Å². The van der Waals surface area contributed by atoms with E-state index in [0.29, 0.717) is 0 Å².